The largest absolute Gasteiger partial charge is 0.366 e. The molecule has 108 valence electrons. The smallest absolute Gasteiger partial charge is 0.292 e. The third-order valence-corrected chi connectivity index (χ3v) is 4.01. The van der Waals surface area contributed by atoms with Crippen molar-refractivity contribution in [3.63, 3.8) is 0 Å². The van der Waals surface area contributed by atoms with Crippen LogP contribution < -0.4 is 4.90 Å². The van der Waals surface area contributed by atoms with Crippen LogP contribution in [0.3, 0.4) is 0 Å². The quantitative estimate of drug-likeness (QED) is 0.613. The Hall–Kier alpha value is -1.66. The molecule has 2 saturated heterocycles. The van der Waals surface area contributed by atoms with Gasteiger partial charge >= 0.3 is 0 Å². The average Bonchev–Trinajstić information content (AvgIpc) is 2.87. The van der Waals surface area contributed by atoms with E-state index in [1.165, 1.54) is 0 Å². The van der Waals surface area contributed by atoms with Crippen molar-refractivity contribution in [1.82, 2.24) is 0 Å². The van der Waals surface area contributed by atoms with Crippen molar-refractivity contribution >= 4 is 11.4 Å². The first-order chi connectivity index (χ1) is 9.60. The van der Waals surface area contributed by atoms with Crippen LogP contribution in [0.4, 0.5) is 11.4 Å². The summed E-state index contributed by atoms with van der Waals surface area (Å²) < 4.78 is 11.4. The molecule has 0 bridgehead atoms. The lowest BCUT2D eigenvalue weighted by atomic mass is 10.0. The minimum Gasteiger partial charge on any atom is -0.366 e. The molecular formula is C14H18N2O4. The van der Waals surface area contributed by atoms with Gasteiger partial charge in [-0.25, -0.2) is 0 Å². The fourth-order valence-electron chi connectivity index (χ4n) is 2.92. The highest BCUT2D eigenvalue weighted by atomic mass is 16.7. The second-order valence-electron chi connectivity index (χ2n) is 5.34. The van der Waals surface area contributed by atoms with Crippen molar-refractivity contribution < 1.29 is 14.4 Å². The van der Waals surface area contributed by atoms with Crippen molar-refractivity contribution in [3.05, 3.63) is 33.9 Å². The van der Waals surface area contributed by atoms with Crippen LogP contribution in [0, 0.1) is 17.0 Å². The molecule has 2 heterocycles. The minimum atomic E-state index is -0.449. The van der Waals surface area contributed by atoms with E-state index in [1.807, 2.05) is 13.0 Å². The lowest BCUT2D eigenvalue weighted by molar-refractivity contribution is -0.384. The molecule has 0 aliphatic carbocycles. The van der Waals surface area contributed by atoms with E-state index in [1.54, 1.807) is 12.1 Å². The summed E-state index contributed by atoms with van der Waals surface area (Å²) in [5, 5.41) is 11.2. The van der Waals surface area contributed by atoms with Gasteiger partial charge in [0, 0.05) is 32.0 Å². The Morgan fingerprint density at radius 1 is 1.25 bits per heavy atom. The molecule has 20 heavy (non-hydrogen) atoms. The van der Waals surface area contributed by atoms with Gasteiger partial charge in [-0.1, -0.05) is 6.07 Å². The van der Waals surface area contributed by atoms with Crippen LogP contribution in [-0.4, -0.2) is 37.0 Å². The molecule has 0 amide bonds. The molecule has 1 aromatic carbocycles. The Labute approximate surface area is 117 Å². The number of hydrogen-bond donors (Lipinski definition) is 0. The summed E-state index contributed by atoms with van der Waals surface area (Å²) in [4.78, 5) is 12.9. The van der Waals surface area contributed by atoms with Crippen LogP contribution in [0.15, 0.2) is 18.2 Å². The summed E-state index contributed by atoms with van der Waals surface area (Å²) in [6.07, 6.45) is 1.50. The molecule has 0 aromatic heterocycles. The number of piperidine rings is 1. The van der Waals surface area contributed by atoms with Crippen LogP contribution in [0.5, 0.6) is 0 Å². The van der Waals surface area contributed by atoms with E-state index in [2.05, 4.69) is 4.90 Å². The normalized spacial score (nSPS) is 21.4. The lowest BCUT2D eigenvalue weighted by Crippen LogP contribution is -2.45. The van der Waals surface area contributed by atoms with Crippen molar-refractivity contribution in [1.29, 1.82) is 0 Å². The van der Waals surface area contributed by atoms with E-state index < -0.39 is 5.79 Å². The van der Waals surface area contributed by atoms with E-state index in [4.69, 9.17) is 9.47 Å². The molecule has 2 aliphatic heterocycles. The molecule has 6 nitrogen and oxygen atoms in total. The van der Waals surface area contributed by atoms with Crippen LogP contribution in [-0.2, 0) is 9.47 Å². The summed E-state index contributed by atoms with van der Waals surface area (Å²) in [6.45, 7) is 4.66. The third kappa shape index (κ3) is 2.36. The topological polar surface area (TPSA) is 64.8 Å². The summed E-state index contributed by atoms with van der Waals surface area (Å²) in [5.41, 5.74) is 1.89. The number of hydrogen-bond acceptors (Lipinski definition) is 5. The highest BCUT2D eigenvalue weighted by Crippen LogP contribution is 2.36. The molecular weight excluding hydrogens is 260 g/mol. The highest BCUT2D eigenvalue weighted by molar-refractivity contribution is 5.64. The van der Waals surface area contributed by atoms with Gasteiger partial charge in [0.2, 0.25) is 0 Å². The number of rotatable bonds is 2. The van der Waals surface area contributed by atoms with Gasteiger partial charge in [-0.3, -0.25) is 10.1 Å². The van der Waals surface area contributed by atoms with Gasteiger partial charge in [0.15, 0.2) is 5.79 Å². The van der Waals surface area contributed by atoms with Crippen LogP contribution in [0.1, 0.15) is 18.4 Å². The van der Waals surface area contributed by atoms with E-state index in [9.17, 15) is 10.1 Å². The predicted molar refractivity (Wildman–Crippen MR) is 73.9 cm³/mol. The Balaban J connectivity index is 1.80. The van der Waals surface area contributed by atoms with Crippen LogP contribution in [0.25, 0.3) is 0 Å². The molecule has 0 atom stereocenters. The molecule has 0 saturated carbocycles. The van der Waals surface area contributed by atoms with Gasteiger partial charge in [-0.2, -0.15) is 0 Å². The fraction of sp³-hybridized carbons (Fsp3) is 0.571. The zero-order chi connectivity index (χ0) is 14.2. The van der Waals surface area contributed by atoms with E-state index in [0.717, 1.165) is 18.4 Å². The number of ether oxygens (including phenoxy) is 2. The Bertz CT molecular complexity index is 516. The Kier molecular flexibility index (Phi) is 3.35. The number of nitro benzene ring substituents is 1. The molecule has 2 fully saturated rings. The van der Waals surface area contributed by atoms with Crippen molar-refractivity contribution in [3.8, 4) is 0 Å². The maximum Gasteiger partial charge on any atom is 0.292 e. The first kappa shape index (κ1) is 13.3. The van der Waals surface area contributed by atoms with Crippen molar-refractivity contribution in [2.24, 2.45) is 0 Å². The number of nitrogens with zero attached hydrogens (tertiary/aromatic N) is 2. The minimum absolute atomic E-state index is 0.166. The fourth-order valence-corrected chi connectivity index (χ4v) is 2.92. The summed E-state index contributed by atoms with van der Waals surface area (Å²) in [5.74, 6) is -0.449. The molecule has 6 heteroatoms. The number of benzene rings is 1. The third-order valence-electron chi connectivity index (χ3n) is 4.01. The van der Waals surface area contributed by atoms with Crippen LogP contribution in [0.2, 0.25) is 0 Å². The molecule has 0 radical (unpaired) electrons. The standard InChI is InChI=1S/C14H18N2O4/c1-11-2-3-12(16(17)18)13(10-11)15-6-4-14(5-7-15)19-8-9-20-14/h2-3,10H,4-9H2,1H3. The zero-order valence-electron chi connectivity index (χ0n) is 11.5. The van der Waals surface area contributed by atoms with Gasteiger partial charge in [-0.05, 0) is 18.6 Å². The van der Waals surface area contributed by atoms with Crippen molar-refractivity contribution in [2.75, 3.05) is 31.2 Å². The van der Waals surface area contributed by atoms with Crippen LogP contribution >= 0.6 is 0 Å². The SMILES string of the molecule is Cc1ccc([N+](=O)[O-])c(N2CCC3(CC2)OCCO3)c1. The lowest BCUT2D eigenvalue weighted by Gasteiger charge is -2.38. The van der Waals surface area contributed by atoms with E-state index in [0.29, 0.717) is 32.0 Å². The molecule has 0 N–H and O–H groups in total. The Morgan fingerprint density at radius 3 is 2.50 bits per heavy atom. The molecule has 3 rings (SSSR count). The van der Waals surface area contributed by atoms with E-state index in [-0.39, 0.29) is 10.6 Å². The highest BCUT2D eigenvalue weighted by Gasteiger charge is 2.40. The number of anilines is 1. The summed E-state index contributed by atoms with van der Waals surface area (Å²) in [6, 6.07) is 5.24. The number of aryl methyl sites for hydroxylation is 1. The Morgan fingerprint density at radius 2 is 1.90 bits per heavy atom. The second kappa shape index (κ2) is 5.03. The van der Waals surface area contributed by atoms with Gasteiger partial charge in [-0.15, -0.1) is 0 Å². The number of nitro groups is 1. The molecule has 1 aromatic rings. The maximum absolute atomic E-state index is 11.2. The second-order valence-corrected chi connectivity index (χ2v) is 5.34. The molecule has 1 spiro atoms. The van der Waals surface area contributed by atoms with Gasteiger partial charge < -0.3 is 14.4 Å². The molecule has 0 unspecified atom stereocenters. The maximum atomic E-state index is 11.2. The monoisotopic (exact) mass is 278 g/mol. The van der Waals surface area contributed by atoms with Gasteiger partial charge in [0.25, 0.3) is 5.69 Å². The summed E-state index contributed by atoms with van der Waals surface area (Å²) >= 11 is 0. The van der Waals surface area contributed by atoms with E-state index >= 15 is 0 Å². The predicted octanol–water partition coefficient (Wildman–Crippen LogP) is 2.25. The van der Waals surface area contributed by atoms with Gasteiger partial charge in [0.05, 0.1) is 18.1 Å². The van der Waals surface area contributed by atoms with Crippen molar-refractivity contribution in [2.45, 2.75) is 25.6 Å². The first-order valence-corrected chi connectivity index (χ1v) is 6.88. The summed E-state index contributed by atoms with van der Waals surface area (Å²) in [7, 11) is 0. The first-order valence-electron chi connectivity index (χ1n) is 6.88. The average molecular weight is 278 g/mol. The van der Waals surface area contributed by atoms with Gasteiger partial charge in [0.1, 0.15) is 5.69 Å². The zero-order valence-corrected chi connectivity index (χ0v) is 11.5. The molecule has 2 aliphatic rings.